The van der Waals surface area contributed by atoms with E-state index in [1.165, 1.54) is 4.90 Å². The van der Waals surface area contributed by atoms with E-state index >= 15 is 0 Å². The molecule has 1 amide bonds. The van der Waals surface area contributed by atoms with Crippen LogP contribution in [0.4, 0.5) is 0 Å². The largest absolute Gasteiger partial charge is 0.323 e. The Kier molecular flexibility index (Phi) is 5.59. The number of benzene rings is 2. The van der Waals surface area contributed by atoms with E-state index in [0.717, 1.165) is 21.2 Å². The van der Waals surface area contributed by atoms with Gasteiger partial charge in [-0.1, -0.05) is 64.0 Å². The molecule has 0 saturated carbocycles. The highest BCUT2D eigenvalue weighted by atomic mass is 79.9. The summed E-state index contributed by atoms with van der Waals surface area (Å²) < 4.78 is 0.877. The zero-order valence-electron chi connectivity index (χ0n) is 16.3. The Morgan fingerprint density at radius 2 is 1.73 bits per heavy atom. The van der Waals surface area contributed by atoms with Gasteiger partial charge in [0.1, 0.15) is 5.92 Å². The molecule has 2 heterocycles. The fourth-order valence-electron chi connectivity index (χ4n) is 3.77. The number of rotatable bonds is 5. The third-order valence-electron chi connectivity index (χ3n) is 5.31. The number of halogens is 1. The number of carbonyl (C=O) groups is 3. The van der Waals surface area contributed by atoms with Crippen LogP contribution in [0, 0.1) is 12.8 Å². The maximum atomic E-state index is 13.3. The molecule has 5 nitrogen and oxygen atoms in total. The predicted molar refractivity (Wildman–Crippen MR) is 116 cm³/mol. The molecule has 1 aromatic heterocycles. The van der Waals surface area contributed by atoms with E-state index in [-0.39, 0.29) is 12.3 Å². The summed E-state index contributed by atoms with van der Waals surface area (Å²) in [5.74, 6) is -2.73. The molecule has 1 fully saturated rings. The average Bonchev–Trinajstić information content (AvgIpc) is 3.00. The minimum Gasteiger partial charge on any atom is -0.323 e. The SMILES string of the molecule is Cc1ccc(C(=O)C2C(=O)C(=O)N(Cc3cccnc3)C2c2ccc(Br)cc2)cc1. The number of Topliss-reactive ketones (excluding diaryl/α,β-unsaturated/α-hetero) is 2. The number of carbonyl (C=O) groups excluding carboxylic acids is 3. The lowest BCUT2D eigenvalue weighted by Crippen LogP contribution is -2.30. The van der Waals surface area contributed by atoms with Crippen molar-refractivity contribution in [1.29, 1.82) is 0 Å². The average molecular weight is 463 g/mol. The molecular weight excluding hydrogens is 444 g/mol. The van der Waals surface area contributed by atoms with Crippen molar-refractivity contribution in [2.75, 3.05) is 0 Å². The lowest BCUT2D eigenvalue weighted by atomic mass is 9.86. The molecule has 6 heteroatoms. The number of aryl methyl sites for hydroxylation is 1. The minimum absolute atomic E-state index is 0.205. The summed E-state index contributed by atoms with van der Waals surface area (Å²) in [5, 5.41) is 0. The number of hydrogen-bond donors (Lipinski definition) is 0. The number of pyridine rings is 1. The molecular formula is C24H19BrN2O3. The summed E-state index contributed by atoms with van der Waals surface area (Å²) in [4.78, 5) is 44.9. The minimum atomic E-state index is -1.09. The fourth-order valence-corrected chi connectivity index (χ4v) is 4.04. The van der Waals surface area contributed by atoms with Gasteiger partial charge in [0.2, 0.25) is 5.78 Å². The standard InChI is InChI=1S/C24H19BrN2O3/c1-15-4-6-18(7-5-15)22(28)20-21(17-8-10-19(25)11-9-17)27(24(30)23(20)29)14-16-3-2-12-26-13-16/h2-13,20-21H,14H2,1H3. The van der Waals surface area contributed by atoms with Crippen molar-refractivity contribution in [3.63, 3.8) is 0 Å². The van der Waals surface area contributed by atoms with Crippen molar-refractivity contribution in [1.82, 2.24) is 9.88 Å². The maximum absolute atomic E-state index is 13.3. The number of nitrogens with zero attached hydrogens (tertiary/aromatic N) is 2. The van der Waals surface area contributed by atoms with Crippen molar-refractivity contribution < 1.29 is 14.4 Å². The molecule has 150 valence electrons. The number of amides is 1. The Balaban J connectivity index is 1.77. The second kappa shape index (κ2) is 8.32. The lowest BCUT2D eigenvalue weighted by Gasteiger charge is -2.27. The van der Waals surface area contributed by atoms with E-state index in [1.54, 1.807) is 30.6 Å². The molecule has 0 aliphatic carbocycles. The first-order valence-corrected chi connectivity index (χ1v) is 10.3. The molecule has 0 bridgehead atoms. The molecule has 1 aliphatic heterocycles. The summed E-state index contributed by atoms with van der Waals surface area (Å²) in [6.07, 6.45) is 3.31. The van der Waals surface area contributed by atoms with Crippen molar-refractivity contribution in [2.24, 2.45) is 5.92 Å². The van der Waals surface area contributed by atoms with Gasteiger partial charge < -0.3 is 4.90 Å². The van der Waals surface area contributed by atoms with Crippen LogP contribution in [-0.2, 0) is 16.1 Å². The van der Waals surface area contributed by atoms with Crippen LogP contribution in [0.25, 0.3) is 0 Å². The highest BCUT2D eigenvalue weighted by Crippen LogP contribution is 2.39. The van der Waals surface area contributed by atoms with Gasteiger partial charge in [-0.2, -0.15) is 0 Å². The van der Waals surface area contributed by atoms with Gasteiger partial charge in [-0.25, -0.2) is 0 Å². The quantitative estimate of drug-likeness (QED) is 0.322. The Morgan fingerprint density at radius 3 is 2.37 bits per heavy atom. The van der Waals surface area contributed by atoms with Crippen LogP contribution < -0.4 is 0 Å². The first kappa shape index (κ1) is 20.2. The van der Waals surface area contributed by atoms with Crippen molar-refractivity contribution >= 4 is 33.4 Å². The molecule has 1 saturated heterocycles. The van der Waals surface area contributed by atoms with Crippen LogP contribution in [0.2, 0.25) is 0 Å². The predicted octanol–water partition coefficient (Wildman–Crippen LogP) is 4.30. The lowest BCUT2D eigenvalue weighted by molar-refractivity contribution is -0.141. The molecule has 2 aromatic carbocycles. The molecule has 0 spiro atoms. The second-order valence-corrected chi connectivity index (χ2v) is 8.28. The third kappa shape index (κ3) is 3.83. The van der Waals surface area contributed by atoms with Crippen LogP contribution >= 0.6 is 15.9 Å². The molecule has 4 rings (SSSR count). The van der Waals surface area contributed by atoms with E-state index in [2.05, 4.69) is 20.9 Å². The van der Waals surface area contributed by atoms with E-state index in [4.69, 9.17) is 0 Å². The summed E-state index contributed by atoms with van der Waals surface area (Å²) in [5.41, 5.74) is 2.98. The maximum Gasteiger partial charge on any atom is 0.291 e. The third-order valence-corrected chi connectivity index (χ3v) is 5.84. The first-order chi connectivity index (χ1) is 14.5. The van der Waals surface area contributed by atoms with Gasteiger partial charge in [0, 0.05) is 29.0 Å². The van der Waals surface area contributed by atoms with E-state index in [9.17, 15) is 14.4 Å². The van der Waals surface area contributed by atoms with E-state index < -0.39 is 23.7 Å². The van der Waals surface area contributed by atoms with Gasteiger partial charge in [-0.15, -0.1) is 0 Å². The van der Waals surface area contributed by atoms with Gasteiger partial charge in [0.05, 0.1) is 6.04 Å². The topological polar surface area (TPSA) is 67.3 Å². The summed E-state index contributed by atoms with van der Waals surface area (Å²) in [7, 11) is 0. The normalized spacial score (nSPS) is 18.7. The zero-order valence-corrected chi connectivity index (χ0v) is 17.9. The molecule has 1 aliphatic rings. The zero-order chi connectivity index (χ0) is 21.3. The molecule has 2 atom stereocenters. The number of likely N-dealkylation sites (tertiary alicyclic amines) is 1. The molecule has 0 radical (unpaired) electrons. The van der Waals surface area contributed by atoms with Gasteiger partial charge in [0.25, 0.3) is 5.91 Å². The monoisotopic (exact) mass is 462 g/mol. The molecule has 2 unspecified atom stereocenters. The van der Waals surface area contributed by atoms with Crippen LogP contribution in [0.15, 0.2) is 77.5 Å². The van der Waals surface area contributed by atoms with Crippen LogP contribution in [0.1, 0.15) is 33.1 Å². The fraction of sp³-hybridized carbons (Fsp3) is 0.167. The van der Waals surface area contributed by atoms with Gasteiger partial charge >= 0.3 is 0 Å². The van der Waals surface area contributed by atoms with Crippen LogP contribution in [0.3, 0.4) is 0 Å². The molecule has 0 N–H and O–H groups in total. The van der Waals surface area contributed by atoms with Gasteiger partial charge in [-0.05, 0) is 36.2 Å². The Bertz CT molecular complexity index is 1100. The smallest absolute Gasteiger partial charge is 0.291 e. The Morgan fingerprint density at radius 1 is 1.03 bits per heavy atom. The van der Waals surface area contributed by atoms with Gasteiger partial charge in [-0.3, -0.25) is 19.4 Å². The highest BCUT2D eigenvalue weighted by Gasteiger charge is 2.51. The Labute approximate surface area is 182 Å². The summed E-state index contributed by atoms with van der Waals surface area (Å²) in [6.45, 7) is 2.13. The second-order valence-electron chi connectivity index (χ2n) is 7.36. The van der Waals surface area contributed by atoms with E-state index in [0.29, 0.717) is 5.56 Å². The van der Waals surface area contributed by atoms with Crippen molar-refractivity contribution in [3.05, 3.63) is 99.8 Å². The number of hydrogen-bond acceptors (Lipinski definition) is 4. The van der Waals surface area contributed by atoms with Crippen molar-refractivity contribution in [2.45, 2.75) is 19.5 Å². The van der Waals surface area contributed by atoms with Crippen LogP contribution in [-0.4, -0.2) is 27.4 Å². The van der Waals surface area contributed by atoms with Crippen molar-refractivity contribution in [3.8, 4) is 0 Å². The number of aromatic nitrogens is 1. The van der Waals surface area contributed by atoms with Gasteiger partial charge in [0.15, 0.2) is 5.78 Å². The first-order valence-electron chi connectivity index (χ1n) is 9.56. The highest BCUT2D eigenvalue weighted by molar-refractivity contribution is 9.10. The molecule has 3 aromatic rings. The number of ketones is 2. The van der Waals surface area contributed by atoms with E-state index in [1.807, 2.05) is 49.4 Å². The Hall–Kier alpha value is -3.12. The summed E-state index contributed by atoms with van der Waals surface area (Å²) >= 11 is 3.41. The van der Waals surface area contributed by atoms with Crippen LogP contribution in [0.5, 0.6) is 0 Å². The summed E-state index contributed by atoms with van der Waals surface area (Å²) in [6, 6.07) is 17.4. The molecule has 30 heavy (non-hydrogen) atoms.